The number of hydrogen-bond donors (Lipinski definition) is 0. The summed E-state index contributed by atoms with van der Waals surface area (Å²) in [7, 11) is 3.88. The highest BCUT2D eigenvalue weighted by molar-refractivity contribution is 7.16. The molecule has 1 rings (SSSR count). The van der Waals surface area contributed by atoms with Crippen molar-refractivity contribution in [2.45, 2.75) is 6.92 Å². The molecular formula is C9H12N2OS. The zero-order chi connectivity index (χ0) is 9.84. The second-order valence-corrected chi connectivity index (χ2v) is 3.92. The van der Waals surface area contributed by atoms with Crippen LogP contribution in [-0.2, 0) is 4.79 Å². The molecule has 70 valence electrons. The molecular weight excluding hydrogens is 184 g/mol. The molecule has 0 aromatic carbocycles. The van der Waals surface area contributed by atoms with Crippen LogP contribution in [0.3, 0.4) is 0 Å². The lowest BCUT2D eigenvalue weighted by Gasteiger charge is -2.04. The SMILES string of the molecule is CC(=O)/C=C/c1cnc(N(C)C)s1. The second-order valence-electron chi connectivity index (χ2n) is 2.88. The molecule has 0 amide bonds. The van der Waals surface area contributed by atoms with Crippen LogP contribution in [0, 0.1) is 0 Å². The van der Waals surface area contributed by atoms with Gasteiger partial charge in [0.15, 0.2) is 10.9 Å². The Labute approximate surface area is 81.7 Å². The van der Waals surface area contributed by atoms with Crippen LogP contribution < -0.4 is 4.90 Å². The quantitative estimate of drug-likeness (QED) is 0.691. The van der Waals surface area contributed by atoms with E-state index in [0.717, 1.165) is 10.0 Å². The monoisotopic (exact) mass is 196 g/mol. The Morgan fingerprint density at radius 2 is 2.31 bits per heavy atom. The lowest BCUT2D eigenvalue weighted by Crippen LogP contribution is -2.07. The number of aromatic nitrogens is 1. The minimum atomic E-state index is 0.0554. The third kappa shape index (κ3) is 2.99. The van der Waals surface area contributed by atoms with E-state index in [1.54, 1.807) is 29.7 Å². The summed E-state index contributed by atoms with van der Waals surface area (Å²) in [5, 5.41) is 0.947. The van der Waals surface area contributed by atoms with E-state index in [1.807, 2.05) is 19.0 Å². The van der Waals surface area contributed by atoms with Gasteiger partial charge in [-0.3, -0.25) is 4.79 Å². The van der Waals surface area contributed by atoms with E-state index in [2.05, 4.69) is 4.98 Å². The minimum Gasteiger partial charge on any atom is -0.354 e. The fourth-order valence-electron chi connectivity index (χ4n) is 0.760. The second kappa shape index (κ2) is 4.18. The zero-order valence-electron chi connectivity index (χ0n) is 7.94. The molecule has 0 aliphatic rings. The van der Waals surface area contributed by atoms with Gasteiger partial charge >= 0.3 is 0 Å². The Morgan fingerprint density at radius 3 is 2.77 bits per heavy atom. The van der Waals surface area contributed by atoms with Crippen molar-refractivity contribution in [1.29, 1.82) is 0 Å². The van der Waals surface area contributed by atoms with Crippen LogP contribution in [0.4, 0.5) is 5.13 Å². The molecule has 1 aromatic rings. The van der Waals surface area contributed by atoms with Crippen LogP contribution in [0.25, 0.3) is 6.08 Å². The highest BCUT2D eigenvalue weighted by atomic mass is 32.1. The van der Waals surface area contributed by atoms with E-state index in [-0.39, 0.29) is 5.78 Å². The van der Waals surface area contributed by atoms with Crippen molar-refractivity contribution < 1.29 is 4.79 Å². The van der Waals surface area contributed by atoms with Crippen molar-refractivity contribution in [2.24, 2.45) is 0 Å². The molecule has 0 fully saturated rings. The van der Waals surface area contributed by atoms with Gasteiger partial charge in [0.05, 0.1) is 0 Å². The first kappa shape index (κ1) is 9.92. The number of carbonyl (C=O) groups excluding carboxylic acids is 1. The third-order valence-corrected chi connectivity index (χ3v) is 2.51. The summed E-state index contributed by atoms with van der Waals surface area (Å²) in [4.78, 5) is 17.8. The Bertz CT molecular complexity index is 328. The third-order valence-electron chi connectivity index (χ3n) is 1.38. The average molecular weight is 196 g/mol. The van der Waals surface area contributed by atoms with Gasteiger partial charge in [-0.25, -0.2) is 4.98 Å². The number of ketones is 1. The molecule has 1 aromatic heterocycles. The summed E-state index contributed by atoms with van der Waals surface area (Å²) < 4.78 is 0. The fraction of sp³-hybridized carbons (Fsp3) is 0.333. The van der Waals surface area contributed by atoms with Crippen LogP contribution in [0.5, 0.6) is 0 Å². The molecule has 0 saturated heterocycles. The van der Waals surface area contributed by atoms with Gasteiger partial charge in [-0.05, 0) is 19.1 Å². The van der Waals surface area contributed by atoms with Crippen LogP contribution in [0.15, 0.2) is 12.3 Å². The van der Waals surface area contributed by atoms with E-state index in [0.29, 0.717) is 0 Å². The minimum absolute atomic E-state index is 0.0554. The number of rotatable bonds is 3. The van der Waals surface area contributed by atoms with Gasteiger partial charge in [-0.2, -0.15) is 0 Å². The van der Waals surface area contributed by atoms with E-state index < -0.39 is 0 Å². The average Bonchev–Trinajstić information content (AvgIpc) is 2.48. The zero-order valence-corrected chi connectivity index (χ0v) is 8.76. The van der Waals surface area contributed by atoms with Gasteiger partial charge in [0.2, 0.25) is 0 Å². The maximum Gasteiger partial charge on any atom is 0.185 e. The predicted octanol–water partition coefficient (Wildman–Crippen LogP) is 1.81. The fourth-order valence-corrected chi connectivity index (χ4v) is 1.50. The van der Waals surface area contributed by atoms with Gasteiger partial charge in [-0.15, -0.1) is 0 Å². The lowest BCUT2D eigenvalue weighted by atomic mass is 10.4. The van der Waals surface area contributed by atoms with E-state index in [9.17, 15) is 4.79 Å². The molecule has 0 saturated carbocycles. The molecule has 4 heteroatoms. The van der Waals surface area contributed by atoms with Gasteiger partial charge in [-0.1, -0.05) is 11.3 Å². The Morgan fingerprint density at radius 1 is 1.62 bits per heavy atom. The van der Waals surface area contributed by atoms with Gasteiger partial charge < -0.3 is 4.90 Å². The Balaban J connectivity index is 2.75. The Kier molecular flexibility index (Phi) is 3.19. The summed E-state index contributed by atoms with van der Waals surface area (Å²) in [6, 6.07) is 0. The topological polar surface area (TPSA) is 33.2 Å². The molecule has 0 aliphatic carbocycles. The summed E-state index contributed by atoms with van der Waals surface area (Å²) >= 11 is 1.56. The first-order valence-electron chi connectivity index (χ1n) is 3.91. The molecule has 0 N–H and O–H groups in total. The molecule has 0 bridgehead atoms. The van der Waals surface area contributed by atoms with Crippen molar-refractivity contribution in [3.8, 4) is 0 Å². The first-order chi connectivity index (χ1) is 6.09. The number of allylic oxidation sites excluding steroid dienone is 1. The van der Waals surface area contributed by atoms with Crippen LogP contribution in [-0.4, -0.2) is 24.9 Å². The first-order valence-corrected chi connectivity index (χ1v) is 4.73. The largest absolute Gasteiger partial charge is 0.354 e. The molecule has 1 heterocycles. The van der Waals surface area contributed by atoms with E-state index in [4.69, 9.17) is 0 Å². The van der Waals surface area contributed by atoms with Gasteiger partial charge in [0.1, 0.15) is 0 Å². The molecule has 0 atom stereocenters. The van der Waals surface area contributed by atoms with Crippen molar-refractivity contribution >= 4 is 28.3 Å². The molecule has 0 radical (unpaired) electrons. The number of thiazole rings is 1. The number of nitrogens with zero attached hydrogens (tertiary/aromatic N) is 2. The highest BCUT2D eigenvalue weighted by Gasteiger charge is 2.00. The molecule has 0 unspecified atom stereocenters. The highest BCUT2D eigenvalue weighted by Crippen LogP contribution is 2.21. The van der Waals surface area contributed by atoms with Crippen molar-refractivity contribution in [3.63, 3.8) is 0 Å². The number of anilines is 1. The number of hydrogen-bond acceptors (Lipinski definition) is 4. The normalized spacial score (nSPS) is 10.7. The van der Waals surface area contributed by atoms with Crippen LogP contribution in [0.2, 0.25) is 0 Å². The number of carbonyl (C=O) groups is 1. The van der Waals surface area contributed by atoms with Crippen molar-refractivity contribution in [1.82, 2.24) is 4.98 Å². The molecule has 0 aliphatic heterocycles. The molecule has 3 nitrogen and oxygen atoms in total. The van der Waals surface area contributed by atoms with Crippen molar-refractivity contribution in [2.75, 3.05) is 19.0 Å². The van der Waals surface area contributed by atoms with Crippen molar-refractivity contribution in [3.05, 3.63) is 17.2 Å². The summed E-state index contributed by atoms with van der Waals surface area (Å²) in [5.41, 5.74) is 0. The maximum absolute atomic E-state index is 10.6. The van der Waals surface area contributed by atoms with Gasteiger partial charge in [0, 0.05) is 25.2 Å². The van der Waals surface area contributed by atoms with E-state index >= 15 is 0 Å². The summed E-state index contributed by atoms with van der Waals surface area (Å²) in [5.74, 6) is 0.0554. The Hall–Kier alpha value is -1.16. The summed E-state index contributed by atoms with van der Waals surface area (Å²) in [6.07, 6.45) is 5.10. The van der Waals surface area contributed by atoms with E-state index in [1.165, 1.54) is 6.92 Å². The van der Waals surface area contributed by atoms with Crippen LogP contribution in [0.1, 0.15) is 11.8 Å². The maximum atomic E-state index is 10.6. The lowest BCUT2D eigenvalue weighted by molar-refractivity contribution is -0.112. The molecule has 13 heavy (non-hydrogen) atoms. The smallest absolute Gasteiger partial charge is 0.185 e. The standard InChI is InChI=1S/C9H12N2OS/c1-7(12)4-5-8-6-10-9(13-8)11(2)3/h4-6H,1-3H3/b5-4+. The van der Waals surface area contributed by atoms with Gasteiger partial charge in [0.25, 0.3) is 0 Å². The summed E-state index contributed by atoms with van der Waals surface area (Å²) in [6.45, 7) is 1.53. The predicted molar refractivity (Wildman–Crippen MR) is 56.2 cm³/mol. The van der Waals surface area contributed by atoms with Crippen LogP contribution >= 0.6 is 11.3 Å². The molecule has 0 spiro atoms.